The molecule has 0 aromatic rings. The van der Waals surface area contributed by atoms with E-state index in [9.17, 15) is 8.78 Å². The Balaban J connectivity index is 2.19. The first-order chi connectivity index (χ1) is 11.0. The molecule has 136 valence electrons. The quantitative estimate of drug-likeness (QED) is 0.497. The van der Waals surface area contributed by atoms with Crippen LogP contribution in [0.5, 0.6) is 0 Å². The number of alkyl halides is 2. The van der Waals surface area contributed by atoms with Gasteiger partial charge in [-0.25, -0.2) is 8.78 Å². The Morgan fingerprint density at radius 2 is 2.00 bits per heavy atom. The number of likely N-dealkylation sites (tertiary alicyclic amines) is 1. The molecular weight excluding hydrogens is 300 g/mol. The van der Waals surface area contributed by atoms with Gasteiger partial charge in [0.2, 0.25) is 0 Å². The van der Waals surface area contributed by atoms with Gasteiger partial charge in [0.1, 0.15) is 0 Å². The Morgan fingerprint density at radius 3 is 2.57 bits per heavy atom. The highest BCUT2D eigenvalue weighted by Crippen LogP contribution is 2.11. The lowest BCUT2D eigenvalue weighted by atomic mass is 10.1. The van der Waals surface area contributed by atoms with E-state index in [4.69, 9.17) is 0 Å². The molecule has 0 bridgehead atoms. The maximum atomic E-state index is 12.4. The highest BCUT2D eigenvalue weighted by atomic mass is 19.3. The minimum Gasteiger partial charge on any atom is -0.355 e. The fourth-order valence-corrected chi connectivity index (χ4v) is 2.75. The summed E-state index contributed by atoms with van der Waals surface area (Å²) in [5, 5.41) is 6.73. The van der Waals surface area contributed by atoms with Crippen molar-refractivity contribution in [2.75, 3.05) is 53.4 Å². The Bertz CT molecular complexity index is 330. The first-order valence-corrected chi connectivity index (χ1v) is 8.71. The number of aliphatic imine (C=N–C) groups is 1. The normalized spacial score (nSPS) is 18.0. The first-order valence-electron chi connectivity index (χ1n) is 8.71. The van der Waals surface area contributed by atoms with Gasteiger partial charge >= 0.3 is 0 Å². The Hall–Kier alpha value is -0.950. The number of piperidine rings is 1. The molecule has 0 aliphatic carbocycles. The maximum absolute atomic E-state index is 12.4. The second-order valence-electron chi connectivity index (χ2n) is 6.27. The average Bonchev–Trinajstić information content (AvgIpc) is 2.53. The van der Waals surface area contributed by atoms with Crippen molar-refractivity contribution in [1.29, 1.82) is 0 Å². The van der Waals surface area contributed by atoms with Crippen LogP contribution in [0.1, 0.15) is 32.6 Å². The molecule has 1 aliphatic rings. The van der Waals surface area contributed by atoms with E-state index in [1.807, 2.05) is 4.90 Å². The molecule has 0 unspecified atom stereocenters. The predicted molar refractivity (Wildman–Crippen MR) is 92.4 cm³/mol. The smallest absolute Gasteiger partial charge is 0.251 e. The molecule has 0 spiro atoms. The standard InChI is InChI=1S/C16H33F2N5/c1-4-5-9-22(3)12-8-20-16(19-2)21-14-6-10-23(11-7-14)13-15(17)18/h14-15H,4-13H2,1-3H3,(H2,19,20,21). The zero-order valence-corrected chi connectivity index (χ0v) is 14.8. The largest absolute Gasteiger partial charge is 0.355 e. The number of rotatable bonds is 9. The van der Waals surface area contributed by atoms with E-state index in [0.29, 0.717) is 6.04 Å². The topological polar surface area (TPSA) is 42.9 Å². The number of likely N-dealkylation sites (N-methyl/N-ethyl adjacent to an activating group) is 1. The molecular formula is C16H33F2N5. The van der Waals surface area contributed by atoms with E-state index in [-0.39, 0.29) is 6.54 Å². The number of guanidine groups is 1. The minimum atomic E-state index is -2.24. The zero-order valence-electron chi connectivity index (χ0n) is 14.8. The van der Waals surface area contributed by atoms with E-state index < -0.39 is 6.43 Å². The zero-order chi connectivity index (χ0) is 17.1. The number of hydrogen-bond donors (Lipinski definition) is 2. The van der Waals surface area contributed by atoms with Crippen LogP contribution in [0.4, 0.5) is 8.78 Å². The van der Waals surface area contributed by atoms with Crippen molar-refractivity contribution in [2.45, 2.75) is 45.1 Å². The molecule has 0 amide bonds. The molecule has 0 aromatic heterocycles. The summed E-state index contributed by atoms with van der Waals surface area (Å²) in [6.45, 7) is 6.48. The van der Waals surface area contributed by atoms with Gasteiger partial charge < -0.3 is 15.5 Å². The molecule has 0 radical (unpaired) electrons. The molecule has 23 heavy (non-hydrogen) atoms. The molecule has 1 saturated heterocycles. The van der Waals surface area contributed by atoms with Gasteiger partial charge in [0.15, 0.2) is 5.96 Å². The SMILES string of the molecule is CCCCN(C)CCNC(=NC)NC1CCN(CC(F)F)CC1. The predicted octanol–water partition coefficient (Wildman–Crippen LogP) is 1.61. The molecule has 1 fully saturated rings. The summed E-state index contributed by atoms with van der Waals surface area (Å²) in [6.07, 6.45) is 1.96. The summed E-state index contributed by atoms with van der Waals surface area (Å²) in [7, 11) is 3.90. The number of halogens is 2. The highest BCUT2D eigenvalue weighted by Gasteiger charge is 2.21. The highest BCUT2D eigenvalue weighted by molar-refractivity contribution is 5.79. The molecule has 1 aliphatic heterocycles. The van der Waals surface area contributed by atoms with Crippen molar-refractivity contribution >= 4 is 5.96 Å². The third-order valence-corrected chi connectivity index (χ3v) is 4.23. The molecule has 1 rings (SSSR count). The number of hydrogen-bond acceptors (Lipinski definition) is 3. The second kappa shape index (κ2) is 11.6. The van der Waals surface area contributed by atoms with Gasteiger partial charge in [0, 0.05) is 39.3 Å². The average molecular weight is 333 g/mol. The van der Waals surface area contributed by atoms with Crippen molar-refractivity contribution in [3.8, 4) is 0 Å². The van der Waals surface area contributed by atoms with Crippen LogP contribution < -0.4 is 10.6 Å². The lowest BCUT2D eigenvalue weighted by Gasteiger charge is -2.32. The lowest BCUT2D eigenvalue weighted by Crippen LogP contribution is -2.50. The fourth-order valence-electron chi connectivity index (χ4n) is 2.75. The summed E-state index contributed by atoms with van der Waals surface area (Å²) >= 11 is 0. The Kier molecular flexibility index (Phi) is 10.1. The molecule has 0 aromatic carbocycles. The van der Waals surface area contributed by atoms with Gasteiger partial charge in [-0.1, -0.05) is 13.3 Å². The van der Waals surface area contributed by atoms with E-state index in [1.54, 1.807) is 7.05 Å². The maximum Gasteiger partial charge on any atom is 0.251 e. The summed E-state index contributed by atoms with van der Waals surface area (Å²) < 4.78 is 24.7. The summed E-state index contributed by atoms with van der Waals surface area (Å²) in [6, 6.07) is 0.313. The number of nitrogens with one attached hydrogen (secondary N) is 2. The van der Waals surface area contributed by atoms with Crippen LogP contribution in [0.3, 0.4) is 0 Å². The van der Waals surface area contributed by atoms with Gasteiger partial charge in [0.05, 0.1) is 6.54 Å². The first kappa shape index (κ1) is 20.1. The van der Waals surface area contributed by atoms with E-state index in [0.717, 1.165) is 51.5 Å². The summed E-state index contributed by atoms with van der Waals surface area (Å²) in [5.74, 6) is 0.807. The van der Waals surface area contributed by atoms with Gasteiger partial charge in [0.25, 0.3) is 6.43 Å². The monoisotopic (exact) mass is 333 g/mol. The van der Waals surface area contributed by atoms with Crippen LogP contribution >= 0.6 is 0 Å². The fraction of sp³-hybridized carbons (Fsp3) is 0.938. The molecule has 0 atom stereocenters. The second-order valence-corrected chi connectivity index (χ2v) is 6.27. The Morgan fingerprint density at radius 1 is 1.30 bits per heavy atom. The number of unbranched alkanes of at least 4 members (excludes halogenated alkanes) is 1. The van der Waals surface area contributed by atoms with Crippen molar-refractivity contribution in [2.24, 2.45) is 4.99 Å². The molecule has 2 N–H and O–H groups in total. The molecule has 1 heterocycles. The van der Waals surface area contributed by atoms with Gasteiger partial charge in [-0.2, -0.15) is 0 Å². The van der Waals surface area contributed by atoms with Gasteiger partial charge in [-0.05, 0) is 32.9 Å². The van der Waals surface area contributed by atoms with Crippen LogP contribution in [-0.4, -0.2) is 81.6 Å². The third kappa shape index (κ3) is 9.05. The van der Waals surface area contributed by atoms with Crippen molar-refractivity contribution in [1.82, 2.24) is 20.4 Å². The van der Waals surface area contributed by atoms with Gasteiger partial charge in [-0.3, -0.25) is 9.89 Å². The van der Waals surface area contributed by atoms with Crippen molar-refractivity contribution < 1.29 is 8.78 Å². The van der Waals surface area contributed by atoms with Crippen LogP contribution in [0.2, 0.25) is 0 Å². The molecule has 0 saturated carbocycles. The van der Waals surface area contributed by atoms with Crippen LogP contribution in [0, 0.1) is 0 Å². The van der Waals surface area contributed by atoms with Crippen molar-refractivity contribution in [3.05, 3.63) is 0 Å². The minimum absolute atomic E-state index is 0.107. The Labute approximate surface area is 139 Å². The van der Waals surface area contributed by atoms with E-state index in [2.05, 4.69) is 34.5 Å². The van der Waals surface area contributed by atoms with Crippen LogP contribution in [0.25, 0.3) is 0 Å². The van der Waals surface area contributed by atoms with Gasteiger partial charge in [-0.15, -0.1) is 0 Å². The van der Waals surface area contributed by atoms with Crippen molar-refractivity contribution in [3.63, 3.8) is 0 Å². The summed E-state index contributed by atoms with van der Waals surface area (Å²) in [4.78, 5) is 8.40. The molecule has 7 heteroatoms. The van der Waals surface area contributed by atoms with E-state index in [1.165, 1.54) is 12.8 Å². The number of nitrogens with zero attached hydrogens (tertiary/aromatic N) is 3. The van der Waals surface area contributed by atoms with E-state index >= 15 is 0 Å². The molecule has 5 nitrogen and oxygen atoms in total. The summed E-state index contributed by atoms with van der Waals surface area (Å²) in [5.41, 5.74) is 0. The van der Waals surface area contributed by atoms with Crippen LogP contribution in [0.15, 0.2) is 4.99 Å². The lowest BCUT2D eigenvalue weighted by molar-refractivity contribution is 0.0744. The third-order valence-electron chi connectivity index (χ3n) is 4.23. The van der Waals surface area contributed by atoms with Crippen LogP contribution in [-0.2, 0) is 0 Å².